The van der Waals surface area contributed by atoms with Crippen LogP contribution in [0.25, 0.3) is 0 Å². The molecule has 0 spiro atoms. The molecular weight excluding hydrogens is 256 g/mol. The monoisotopic (exact) mass is 274 g/mol. The van der Waals surface area contributed by atoms with Gasteiger partial charge in [0.1, 0.15) is 4.90 Å². The predicted molar refractivity (Wildman–Crippen MR) is 66.2 cm³/mol. The number of aliphatic hydroxyl groups excluding tert-OH is 1. The maximum atomic E-state index is 12.3. The molecule has 1 aromatic rings. The molecule has 2 heterocycles. The number of rotatable bonds is 3. The standard InChI is InChI=1S/C10H18N4O3S/c1-13-6-9(10(11)12-13)18(16,17)14-4-2-8(7-15)3-5-14/h6,8,15H,2-5,7H2,1H3,(H2,11,12). The van der Waals surface area contributed by atoms with Crippen molar-refractivity contribution in [3.63, 3.8) is 0 Å². The number of piperidine rings is 1. The number of nitrogens with zero attached hydrogens (tertiary/aromatic N) is 3. The second kappa shape index (κ2) is 4.87. The van der Waals surface area contributed by atoms with Gasteiger partial charge in [0.2, 0.25) is 10.0 Å². The Morgan fingerprint density at radius 3 is 2.56 bits per heavy atom. The summed E-state index contributed by atoms with van der Waals surface area (Å²) in [5.74, 6) is 0.226. The zero-order valence-electron chi connectivity index (χ0n) is 10.3. The van der Waals surface area contributed by atoms with Gasteiger partial charge in [0, 0.05) is 32.9 Å². The third-order valence-electron chi connectivity index (χ3n) is 3.27. The maximum absolute atomic E-state index is 12.3. The lowest BCUT2D eigenvalue weighted by atomic mass is 10.00. The van der Waals surface area contributed by atoms with E-state index in [-0.39, 0.29) is 23.2 Å². The fourth-order valence-electron chi connectivity index (χ4n) is 2.15. The summed E-state index contributed by atoms with van der Waals surface area (Å²) < 4.78 is 27.5. The molecule has 18 heavy (non-hydrogen) atoms. The van der Waals surface area contributed by atoms with Crippen molar-refractivity contribution in [2.75, 3.05) is 25.4 Å². The van der Waals surface area contributed by atoms with Crippen molar-refractivity contribution in [3.05, 3.63) is 6.20 Å². The van der Waals surface area contributed by atoms with Crippen LogP contribution in [0.1, 0.15) is 12.8 Å². The second-order valence-corrected chi connectivity index (χ2v) is 6.49. The van der Waals surface area contributed by atoms with E-state index in [2.05, 4.69) is 5.10 Å². The third kappa shape index (κ3) is 2.36. The summed E-state index contributed by atoms with van der Waals surface area (Å²) in [5.41, 5.74) is 5.61. The largest absolute Gasteiger partial charge is 0.396 e. The van der Waals surface area contributed by atoms with Gasteiger partial charge < -0.3 is 10.8 Å². The van der Waals surface area contributed by atoms with Crippen LogP contribution in [0.15, 0.2) is 11.1 Å². The zero-order valence-corrected chi connectivity index (χ0v) is 11.1. The first-order valence-corrected chi connectivity index (χ1v) is 7.29. The fraction of sp³-hybridized carbons (Fsp3) is 0.700. The lowest BCUT2D eigenvalue weighted by molar-refractivity contribution is 0.170. The van der Waals surface area contributed by atoms with Crippen molar-refractivity contribution in [1.82, 2.24) is 14.1 Å². The minimum Gasteiger partial charge on any atom is -0.396 e. The Labute approximate surface area is 106 Å². The number of nitrogens with two attached hydrogens (primary N) is 1. The van der Waals surface area contributed by atoms with Gasteiger partial charge in [-0.1, -0.05) is 0 Å². The number of hydrogen-bond donors (Lipinski definition) is 2. The molecule has 0 aliphatic carbocycles. The highest BCUT2D eigenvalue weighted by Gasteiger charge is 2.31. The summed E-state index contributed by atoms with van der Waals surface area (Å²) in [6, 6.07) is 0. The summed E-state index contributed by atoms with van der Waals surface area (Å²) in [6.45, 7) is 0.951. The maximum Gasteiger partial charge on any atom is 0.248 e. The average Bonchev–Trinajstić information content (AvgIpc) is 2.69. The van der Waals surface area contributed by atoms with Crippen molar-refractivity contribution in [2.45, 2.75) is 17.7 Å². The summed E-state index contributed by atoms with van der Waals surface area (Å²) >= 11 is 0. The molecule has 8 heteroatoms. The lowest BCUT2D eigenvalue weighted by Crippen LogP contribution is -2.39. The van der Waals surface area contributed by atoms with Crippen LogP contribution in [-0.4, -0.2) is 47.3 Å². The Morgan fingerprint density at radius 1 is 1.50 bits per heavy atom. The van der Waals surface area contributed by atoms with Gasteiger partial charge in [-0.15, -0.1) is 0 Å². The predicted octanol–water partition coefficient (Wildman–Crippen LogP) is -0.605. The first-order chi connectivity index (χ1) is 8.45. The molecule has 0 radical (unpaired) electrons. The van der Waals surface area contributed by atoms with Crippen molar-refractivity contribution < 1.29 is 13.5 Å². The van der Waals surface area contributed by atoms with Crippen LogP contribution in [0, 0.1) is 5.92 Å². The van der Waals surface area contributed by atoms with Gasteiger partial charge in [0.15, 0.2) is 5.82 Å². The molecule has 0 bridgehead atoms. The number of anilines is 1. The van der Waals surface area contributed by atoms with Crippen LogP contribution >= 0.6 is 0 Å². The normalized spacial score (nSPS) is 19.2. The van der Waals surface area contributed by atoms with Gasteiger partial charge in [-0.3, -0.25) is 4.68 Å². The Morgan fingerprint density at radius 2 is 2.11 bits per heavy atom. The number of sulfonamides is 1. The van der Waals surface area contributed by atoms with Crippen LogP contribution in [-0.2, 0) is 17.1 Å². The highest BCUT2D eigenvalue weighted by atomic mass is 32.2. The van der Waals surface area contributed by atoms with E-state index in [0.29, 0.717) is 25.9 Å². The van der Waals surface area contributed by atoms with E-state index in [1.165, 1.54) is 15.2 Å². The number of nitrogen functional groups attached to an aromatic ring is 1. The van der Waals surface area contributed by atoms with Gasteiger partial charge in [-0.25, -0.2) is 8.42 Å². The van der Waals surface area contributed by atoms with Gasteiger partial charge >= 0.3 is 0 Å². The van der Waals surface area contributed by atoms with Gasteiger partial charge in [-0.2, -0.15) is 9.40 Å². The van der Waals surface area contributed by atoms with Crippen molar-refractivity contribution in [3.8, 4) is 0 Å². The van der Waals surface area contributed by atoms with E-state index in [1.807, 2.05) is 0 Å². The highest BCUT2D eigenvalue weighted by Crippen LogP contribution is 2.25. The van der Waals surface area contributed by atoms with E-state index in [4.69, 9.17) is 10.8 Å². The molecule has 0 aromatic carbocycles. The molecule has 0 unspecified atom stereocenters. The first kappa shape index (κ1) is 13.3. The molecule has 7 nitrogen and oxygen atoms in total. The van der Waals surface area contributed by atoms with Crippen LogP contribution < -0.4 is 5.73 Å². The molecule has 1 aromatic heterocycles. The SMILES string of the molecule is Cn1cc(S(=O)(=O)N2CCC(CO)CC2)c(N)n1. The number of aliphatic hydroxyl groups is 1. The van der Waals surface area contributed by atoms with Crippen molar-refractivity contribution in [2.24, 2.45) is 13.0 Å². The topological polar surface area (TPSA) is 101 Å². The summed E-state index contributed by atoms with van der Waals surface area (Å²) in [5, 5.41) is 12.9. The number of hydrogen-bond acceptors (Lipinski definition) is 5. The summed E-state index contributed by atoms with van der Waals surface area (Å²) in [6.07, 6.45) is 2.77. The molecular formula is C10H18N4O3S. The Hall–Kier alpha value is -1.12. The molecule has 0 saturated carbocycles. The number of aryl methyl sites for hydroxylation is 1. The Kier molecular flexibility index (Phi) is 3.60. The molecule has 1 fully saturated rings. The minimum absolute atomic E-state index is 0.0294. The van der Waals surface area contributed by atoms with Gasteiger partial charge in [0.25, 0.3) is 0 Å². The zero-order chi connectivity index (χ0) is 13.3. The molecule has 1 saturated heterocycles. The lowest BCUT2D eigenvalue weighted by Gasteiger charge is -2.29. The molecule has 0 amide bonds. The van der Waals surface area contributed by atoms with Crippen molar-refractivity contribution in [1.29, 1.82) is 0 Å². The summed E-state index contributed by atoms with van der Waals surface area (Å²) in [7, 11) is -1.93. The van der Waals surface area contributed by atoms with Crippen LogP contribution in [0.4, 0.5) is 5.82 Å². The van der Waals surface area contributed by atoms with E-state index >= 15 is 0 Å². The van der Waals surface area contributed by atoms with E-state index in [9.17, 15) is 8.42 Å². The molecule has 0 atom stereocenters. The van der Waals surface area contributed by atoms with Gasteiger partial charge in [-0.05, 0) is 18.8 Å². The minimum atomic E-state index is -3.56. The third-order valence-corrected chi connectivity index (χ3v) is 5.19. The average molecular weight is 274 g/mol. The van der Waals surface area contributed by atoms with Gasteiger partial charge in [0.05, 0.1) is 0 Å². The highest BCUT2D eigenvalue weighted by molar-refractivity contribution is 7.89. The van der Waals surface area contributed by atoms with Crippen molar-refractivity contribution >= 4 is 15.8 Å². The van der Waals surface area contributed by atoms with Crippen LogP contribution in [0.5, 0.6) is 0 Å². The van der Waals surface area contributed by atoms with E-state index in [0.717, 1.165) is 0 Å². The quantitative estimate of drug-likeness (QED) is 0.766. The molecule has 2 rings (SSSR count). The molecule has 102 valence electrons. The molecule has 3 N–H and O–H groups in total. The summed E-state index contributed by atoms with van der Waals surface area (Å²) in [4.78, 5) is 0.0625. The second-order valence-electron chi connectivity index (χ2n) is 4.58. The molecule has 1 aliphatic rings. The van der Waals surface area contributed by atoms with Crippen LogP contribution in [0.2, 0.25) is 0 Å². The number of aromatic nitrogens is 2. The van der Waals surface area contributed by atoms with Crippen LogP contribution in [0.3, 0.4) is 0 Å². The Bertz CT molecular complexity index is 517. The van der Waals surface area contributed by atoms with E-state index < -0.39 is 10.0 Å². The Balaban J connectivity index is 2.20. The van der Waals surface area contributed by atoms with E-state index in [1.54, 1.807) is 7.05 Å². The smallest absolute Gasteiger partial charge is 0.248 e. The fourth-order valence-corrected chi connectivity index (χ4v) is 3.71. The first-order valence-electron chi connectivity index (χ1n) is 5.85. The molecule has 1 aliphatic heterocycles.